The number of hydrogen-bond donors (Lipinski definition) is 1. The van der Waals surface area contributed by atoms with Crippen LogP contribution in [0.15, 0.2) is 84.9 Å². The number of para-hydroxylation sites is 1. The summed E-state index contributed by atoms with van der Waals surface area (Å²) in [6.45, 7) is 14.4. The van der Waals surface area contributed by atoms with Crippen molar-refractivity contribution < 1.29 is 4.79 Å². The summed E-state index contributed by atoms with van der Waals surface area (Å²) >= 11 is 6.02. The third-order valence-corrected chi connectivity index (χ3v) is 8.60. The first-order chi connectivity index (χ1) is 21.5. The second kappa shape index (κ2) is 19.9. The summed E-state index contributed by atoms with van der Waals surface area (Å²) < 4.78 is 0. The highest BCUT2D eigenvalue weighted by atomic mass is 32.1. The highest BCUT2D eigenvalue weighted by molar-refractivity contribution is 7.80. The molecular formula is C38H54N4OS. The summed E-state index contributed by atoms with van der Waals surface area (Å²) in [5, 5.41) is 4.42. The van der Waals surface area contributed by atoms with Gasteiger partial charge in [0, 0.05) is 31.7 Å². The van der Waals surface area contributed by atoms with E-state index < -0.39 is 0 Å². The average Bonchev–Trinajstić information content (AvgIpc) is 3.06. The van der Waals surface area contributed by atoms with Crippen molar-refractivity contribution >= 4 is 28.9 Å². The molecule has 238 valence electrons. The summed E-state index contributed by atoms with van der Waals surface area (Å²) in [6, 6.07) is 29.2. The monoisotopic (exact) mass is 614 g/mol. The quantitative estimate of drug-likeness (QED) is 0.108. The van der Waals surface area contributed by atoms with Gasteiger partial charge in [0.2, 0.25) is 5.91 Å². The molecule has 0 aromatic heterocycles. The molecule has 44 heavy (non-hydrogen) atoms. The average molecular weight is 615 g/mol. The van der Waals surface area contributed by atoms with Gasteiger partial charge in [0.15, 0.2) is 5.11 Å². The van der Waals surface area contributed by atoms with Gasteiger partial charge in [-0.15, -0.1) is 0 Å². The highest BCUT2D eigenvalue weighted by Gasteiger charge is 2.20. The predicted molar refractivity (Wildman–Crippen MR) is 191 cm³/mol. The number of rotatable bonds is 19. The maximum atomic E-state index is 13.6. The number of nitrogens with one attached hydrogen (secondary N) is 1. The Hall–Kier alpha value is -3.22. The van der Waals surface area contributed by atoms with E-state index in [4.69, 9.17) is 12.2 Å². The van der Waals surface area contributed by atoms with Crippen LogP contribution in [0, 0.1) is 6.92 Å². The SMILES string of the molecule is CCCCN(CC)CCCCC(=O)N(CCCN(CCC)C(=S)NC(c1ccccc1)c1ccccc1)c1ccccc1C. The van der Waals surface area contributed by atoms with E-state index in [2.05, 4.69) is 103 Å². The van der Waals surface area contributed by atoms with Gasteiger partial charge in [-0.05, 0) is 93.6 Å². The number of unbranched alkanes of at least 4 members (excludes halogenated alkanes) is 2. The Labute approximate surface area is 272 Å². The van der Waals surface area contributed by atoms with Gasteiger partial charge in [-0.25, -0.2) is 0 Å². The van der Waals surface area contributed by atoms with Crippen molar-refractivity contribution in [2.45, 2.75) is 78.7 Å². The number of nitrogens with zero attached hydrogens (tertiary/aromatic N) is 3. The Morgan fingerprint density at radius 3 is 1.91 bits per heavy atom. The summed E-state index contributed by atoms with van der Waals surface area (Å²) in [5.41, 5.74) is 4.52. The number of carbonyl (C=O) groups is 1. The zero-order valence-electron chi connectivity index (χ0n) is 27.5. The fourth-order valence-corrected chi connectivity index (χ4v) is 5.97. The second-order valence-corrected chi connectivity index (χ2v) is 12.0. The second-order valence-electron chi connectivity index (χ2n) is 11.6. The number of amides is 1. The molecule has 3 rings (SSSR count). The molecule has 5 nitrogen and oxygen atoms in total. The van der Waals surface area contributed by atoms with Crippen LogP contribution in [0.2, 0.25) is 0 Å². The number of thiocarbonyl (C=S) groups is 1. The minimum absolute atomic E-state index is 0.0279. The van der Waals surface area contributed by atoms with Gasteiger partial charge in [-0.2, -0.15) is 0 Å². The van der Waals surface area contributed by atoms with Gasteiger partial charge in [0.25, 0.3) is 0 Å². The molecule has 0 aliphatic carbocycles. The molecule has 0 spiro atoms. The van der Waals surface area contributed by atoms with E-state index in [1.165, 1.54) is 24.0 Å². The topological polar surface area (TPSA) is 38.8 Å². The number of carbonyl (C=O) groups excluding carboxylic acids is 1. The molecule has 6 heteroatoms. The van der Waals surface area contributed by atoms with E-state index in [0.717, 1.165) is 74.8 Å². The summed E-state index contributed by atoms with van der Waals surface area (Å²) in [7, 11) is 0. The highest BCUT2D eigenvalue weighted by Crippen LogP contribution is 2.23. The third kappa shape index (κ3) is 11.4. The maximum Gasteiger partial charge on any atom is 0.226 e. The molecule has 0 saturated heterocycles. The van der Waals surface area contributed by atoms with Gasteiger partial charge >= 0.3 is 0 Å². The fraction of sp³-hybridized carbons (Fsp3) is 0.474. The maximum absolute atomic E-state index is 13.6. The Morgan fingerprint density at radius 2 is 1.32 bits per heavy atom. The Kier molecular flexibility index (Phi) is 16.0. The van der Waals surface area contributed by atoms with Crippen LogP contribution < -0.4 is 10.2 Å². The minimum atomic E-state index is -0.0279. The first-order valence-electron chi connectivity index (χ1n) is 16.7. The number of anilines is 1. The largest absolute Gasteiger partial charge is 0.352 e. The molecule has 0 heterocycles. The molecule has 0 bridgehead atoms. The molecule has 1 N–H and O–H groups in total. The summed E-state index contributed by atoms with van der Waals surface area (Å²) in [4.78, 5) is 20.4. The summed E-state index contributed by atoms with van der Waals surface area (Å²) in [6.07, 6.45) is 6.84. The van der Waals surface area contributed by atoms with Crippen molar-refractivity contribution in [2.75, 3.05) is 44.2 Å². The lowest BCUT2D eigenvalue weighted by Gasteiger charge is -2.31. The van der Waals surface area contributed by atoms with Crippen LogP contribution in [-0.4, -0.2) is 60.1 Å². The molecule has 0 aliphatic heterocycles. The molecule has 0 aliphatic rings. The van der Waals surface area contributed by atoms with Crippen LogP contribution in [0.3, 0.4) is 0 Å². The van der Waals surface area contributed by atoms with Crippen molar-refractivity contribution in [1.29, 1.82) is 0 Å². The van der Waals surface area contributed by atoms with Crippen LogP contribution in [0.5, 0.6) is 0 Å². The number of hydrogen-bond acceptors (Lipinski definition) is 3. The van der Waals surface area contributed by atoms with Crippen LogP contribution >= 0.6 is 12.2 Å². The smallest absolute Gasteiger partial charge is 0.226 e. The number of benzene rings is 3. The number of aryl methyl sites for hydroxylation is 1. The van der Waals surface area contributed by atoms with Gasteiger partial charge in [-0.1, -0.05) is 106 Å². The lowest BCUT2D eigenvalue weighted by atomic mass is 9.99. The van der Waals surface area contributed by atoms with Crippen molar-refractivity contribution in [3.8, 4) is 0 Å². The van der Waals surface area contributed by atoms with E-state index in [1.807, 2.05) is 29.2 Å². The van der Waals surface area contributed by atoms with Crippen molar-refractivity contribution in [2.24, 2.45) is 0 Å². The normalized spacial score (nSPS) is 11.1. The van der Waals surface area contributed by atoms with Gasteiger partial charge in [0.05, 0.1) is 6.04 Å². The summed E-state index contributed by atoms with van der Waals surface area (Å²) in [5.74, 6) is 0.215. The molecule has 1 amide bonds. The Morgan fingerprint density at radius 1 is 0.705 bits per heavy atom. The standard InChI is InChI=1S/C38H54N4OS/c1-5-8-28-40(7-3)29-18-17-26-36(43)42(35-25-16-15-20-32(35)4)31-19-30-41(27-6-2)38(44)39-37(33-21-11-9-12-22-33)34-23-13-10-14-24-34/h9-16,20-25,37H,5-8,17-19,26-31H2,1-4H3,(H,39,44). The molecule has 0 radical (unpaired) electrons. The van der Waals surface area contributed by atoms with E-state index in [9.17, 15) is 4.79 Å². The molecular weight excluding hydrogens is 561 g/mol. The minimum Gasteiger partial charge on any atom is -0.352 e. The van der Waals surface area contributed by atoms with Gasteiger partial charge < -0.3 is 20.0 Å². The molecule has 0 fully saturated rings. The zero-order valence-corrected chi connectivity index (χ0v) is 28.3. The van der Waals surface area contributed by atoms with E-state index in [0.29, 0.717) is 13.0 Å². The van der Waals surface area contributed by atoms with Gasteiger partial charge in [0.1, 0.15) is 0 Å². The first kappa shape index (κ1) is 35.3. The Bertz CT molecular complexity index is 1200. The van der Waals surface area contributed by atoms with Gasteiger partial charge in [-0.3, -0.25) is 4.79 Å². The Balaban J connectivity index is 1.64. The molecule has 3 aromatic rings. The van der Waals surface area contributed by atoms with Crippen LogP contribution in [0.25, 0.3) is 0 Å². The predicted octanol–water partition coefficient (Wildman–Crippen LogP) is 8.39. The molecule has 3 aromatic carbocycles. The lowest BCUT2D eigenvalue weighted by Crippen LogP contribution is -2.43. The molecule has 0 unspecified atom stereocenters. The van der Waals surface area contributed by atoms with Crippen LogP contribution in [-0.2, 0) is 4.79 Å². The molecule has 0 saturated carbocycles. The van der Waals surface area contributed by atoms with Crippen molar-refractivity contribution in [3.05, 3.63) is 102 Å². The van der Waals surface area contributed by atoms with E-state index >= 15 is 0 Å². The lowest BCUT2D eigenvalue weighted by molar-refractivity contribution is -0.118. The first-order valence-corrected chi connectivity index (χ1v) is 17.1. The van der Waals surface area contributed by atoms with Crippen molar-refractivity contribution in [1.82, 2.24) is 15.1 Å². The molecule has 0 atom stereocenters. The van der Waals surface area contributed by atoms with Crippen LogP contribution in [0.4, 0.5) is 5.69 Å². The van der Waals surface area contributed by atoms with E-state index in [-0.39, 0.29) is 11.9 Å². The van der Waals surface area contributed by atoms with Crippen molar-refractivity contribution in [3.63, 3.8) is 0 Å². The zero-order chi connectivity index (χ0) is 31.6. The fourth-order valence-electron chi connectivity index (χ4n) is 5.67. The van der Waals surface area contributed by atoms with Crippen LogP contribution in [0.1, 0.15) is 88.4 Å². The van der Waals surface area contributed by atoms with E-state index in [1.54, 1.807) is 0 Å². The third-order valence-electron chi connectivity index (χ3n) is 8.22.